The molecule has 1 aliphatic carbocycles. The lowest BCUT2D eigenvalue weighted by Crippen LogP contribution is -2.47. The Morgan fingerprint density at radius 1 is 1.13 bits per heavy atom. The van der Waals surface area contributed by atoms with Crippen molar-refractivity contribution >= 4 is 40.0 Å². The van der Waals surface area contributed by atoms with Crippen LogP contribution in [0.4, 0.5) is 0 Å². The van der Waals surface area contributed by atoms with Crippen LogP contribution in [0.5, 0.6) is 0 Å². The molecule has 1 heterocycles. The molecule has 0 spiro atoms. The summed E-state index contributed by atoms with van der Waals surface area (Å²) in [5.41, 5.74) is 0. The molecular weight excluding hydrogens is 427 g/mol. The van der Waals surface area contributed by atoms with Gasteiger partial charge in [0.15, 0.2) is 5.96 Å². The first kappa shape index (κ1) is 21.0. The van der Waals surface area contributed by atoms with Crippen LogP contribution < -0.4 is 10.6 Å². The SMILES string of the molecule is CN=C(NCC1CCN(S(C)(=O)=O)CC1)NC1CCCCC1.I. The Kier molecular flexibility index (Phi) is 9.13. The highest BCUT2D eigenvalue weighted by Gasteiger charge is 2.25. The Hall–Kier alpha value is -0.0900. The fraction of sp³-hybridized carbons (Fsp3) is 0.933. The van der Waals surface area contributed by atoms with Gasteiger partial charge in [-0.2, -0.15) is 0 Å². The van der Waals surface area contributed by atoms with Crippen LogP contribution in [0, 0.1) is 5.92 Å². The standard InChI is InChI=1S/C15H30N4O2S.HI/c1-16-15(18-14-6-4-3-5-7-14)17-12-13-8-10-19(11-9-13)22(2,20)21;/h13-14H,3-12H2,1-2H3,(H2,16,17,18);1H. The van der Waals surface area contributed by atoms with Crippen LogP contribution in [-0.4, -0.2) is 57.7 Å². The summed E-state index contributed by atoms with van der Waals surface area (Å²) in [5.74, 6) is 1.40. The second-order valence-electron chi connectivity index (χ2n) is 6.54. The van der Waals surface area contributed by atoms with E-state index in [0.29, 0.717) is 25.0 Å². The average Bonchev–Trinajstić information content (AvgIpc) is 2.52. The Labute approximate surface area is 157 Å². The molecule has 0 bridgehead atoms. The van der Waals surface area contributed by atoms with Crippen molar-refractivity contribution in [3.05, 3.63) is 0 Å². The molecule has 0 aromatic rings. The van der Waals surface area contributed by atoms with Crippen molar-refractivity contribution in [1.29, 1.82) is 0 Å². The molecule has 8 heteroatoms. The summed E-state index contributed by atoms with van der Waals surface area (Å²) in [6.07, 6.45) is 9.55. The number of sulfonamides is 1. The topological polar surface area (TPSA) is 73.8 Å². The van der Waals surface area contributed by atoms with Crippen LogP contribution >= 0.6 is 24.0 Å². The number of hydrogen-bond donors (Lipinski definition) is 2. The Bertz CT molecular complexity index is 470. The first-order valence-corrected chi connectivity index (χ1v) is 10.3. The molecule has 2 N–H and O–H groups in total. The van der Waals surface area contributed by atoms with E-state index in [1.54, 1.807) is 4.31 Å². The summed E-state index contributed by atoms with van der Waals surface area (Å²) in [5, 5.41) is 6.92. The normalized spacial score (nSPS) is 22.4. The summed E-state index contributed by atoms with van der Waals surface area (Å²) in [4.78, 5) is 4.31. The highest BCUT2D eigenvalue weighted by atomic mass is 127. The zero-order valence-corrected chi connectivity index (χ0v) is 17.4. The molecule has 6 nitrogen and oxygen atoms in total. The first-order chi connectivity index (χ1) is 10.5. The molecule has 1 saturated heterocycles. The summed E-state index contributed by atoms with van der Waals surface area (Å²) in [7, 11) is -1.22. The number of nitrogens with zero attached hydrogens (tertiary/aromatic N) is 2. The number of piperidine rings is 1. The number of halogens is 1. The molecule has 1 saturated carbocycles. The lowest BCUT2D eigenvalue weighted by atomic mass is 9.95. The zero-order valence-electron chi connectivity index (χ0n) is 14.3. The maximum Gasteiger partial charge on any atom is 0.211 e. The van der Waals surface area contributed by atoms with Crippen LogP contribution in [-0.2, 0) is 10.0 Å². The summed E-state index contributed by atoms with van der Waals surface area (Å²) in [6, 6.07) is 0.548. The molecule has 0 unspecified atom stereocenters. The van der Waals surface area contributed by atoms with Gasteiger partial charge in [-0.05, 0) is 31.6 Å². The van der Waals surface area contributed by atoms with Gasteiger partial charge in [-0.3, -0.25) is 4.99 Å². The third-order valence-electron chi connectivity index (χ3n) is 4.77. The molecular formula is C15H31IN4O2S. The van der Waals surface area contributed by atoms with E-state index in [1.807, 2.05) is 7.05 Å². The van der Waals surface area contributed by atoms with Gasteiger partial charge < -0.3 is 10.6 Å². The zero-order chi connectivity index (χ0) is 16.0. The average molecular weight is 458 g/mol. The van der Waals surface area contributed by atoms with Crippen LogP contribution in [0.15, 0.2) is 4.99 Å². The molecule has 0 aromatic heterocycles. The minimum Gasteiger partial charge on any atom is -0.356 e. The van der Waals surface area contributed by atoms with Gasteiger partial charge in [0.05, 0.1) is 6.26 Å². The summed E-state index contributed by atoms with van der Waals surface area (Å²) in [6.45, 7) is 2.14. The highest BCUT2D eigenvalue weighted by molar-refractivity contribution is 14.0. The summed E-state index contributed by atoms with van der Waals surface area (Å²) < 4.78 is 24.6. The van der Waals surface area contributed by atoms with E-state index in [-0.39, 0.29) is 24.0 Å². The molecule has 2 fully saturated rings. The molecule has 136 valence electrons. The number of hydrogen-bond acceptors (Lipinski definition) is 3. The van der Waals surface area contributed by atoms with E-state index in [0.717, 1.165) is 25.3 Å². The molecule has 0 radical (unpaired) electrons. The fourth-order valence-electron chi connectivity index (χ4n) is 3.32. The van der Waals surface area contributed by atoms with E-state index < -0.39 is 10.0 Å². The number of aliphatic imine (C=N–C) groups is 1. The molecule has 0 atom stereocenters. The molecule has 2 aliphatic rings. The van der Waals surface area contributed by atoms with Crippen LogP contribution in [0.25, 0.3) is 0 Å². The van der Waals surface area contributed by atoms with Crippen LogP contribution in [0.3, 0.4) is 0 Å². The largest absolute Gasteiger partial charge is 0.356 e. The molecule has 1 aliphatic heterocycles. The Morgan fingerprint density at radius 2 is 1.74 bits per heavy atom. The number of rotatable bonds is 4. The highest BCUT2D eigenvalue weighted by Crippen LogP contribution is 2.19. The van der Waals surface area contributed by atoms with Gasteiger partial charge in [0, 0.05) is 32.7 Å². The van der Waals surface area contributed by atoms with E-state index in [1.165, 1.54) is 38.4 Å². The van der Waals surface area contributed by atoms with Gasteiger partial charge in [-0.1, -0.05) is 19.3 Å². The van der Waals surface area contributed by atoms with Crippen molar-refractivity contribution in [1.82, 2.24) is 14.9 Å². The van der Waals surface area contributed by atoms with E-state index >= 15 is 0 Å². The predicted molar refractivity (Wildman–Crippen MR) is 106 cm³/mol. The van der Waals surface area contributed by atoms with Gasteiger partial charge in [-0.15, -0.1) is 24.0 Å². The van der Waals surface area contributed by atoms with Crippen molar-refractivity contribution in [2.45, 2.75) is 51.0 Å². The molecule has 23 heavy (non-hydrogen) atoms. The van der Waals surface area contributed by atoms with E-state index in [4.69, 9.17) is 0 Å². The second kappa shape index (κ2) is 10.0. The smallest absolute Gasteiger partial charge is 0.211 e. The van der Waals surface area contributed by atoms with E-state index in [9.17, 15) is 8.42 Å². The van der Waals surface area contributed by atoms with Crippen molar-refractivity contribution < 1.29 is 8.42 Å². The van der Waals surface area contributed by atoms with Crippen LogP contribution in [0.2, 0.25) is 0 Å². The molecule has 2 rings (SSSR count). The van der Waals surface area contributed by atoms with Gasteiger partial charge in [0.2, 0.25) is 10.0 Å². The minimum atomic E-state index is -3.03. The van der Waals surface area contributed by atoms with Crippen molar-refractivity contribution in [3.63, 3.8) is 0 Å². The lowest BCUT2D eigenvalue weighted by molar-refractivity contribution is 0.274. The number of nitrogens with one attached hydrogen (secondary N) is 2. The monoisotopic (exact) mass is 458 g/mol. The first-order valence-electron chi connectivity index (χ1n) is 8.41. The van der Waals surface area contributed by atoms with Gasteiger partial charge in [0.1, 0.15) is 0 Å². The van der Waals surface area contributed by atoms with Crippen molar-refractivity contribution in [2.75, 3.05) is 32.9 Å². The minimum absolute atomic E-state index is 0. The Balaban J connectivity index is 0.00000264. The quantitative estimate of drug-likeness (QED) is 0.383. The fourth-order valence-corrected chi connectivity index (χ4v) is 4.20. The van der Waals surface area contributed by atoms with E-state index in [2.05, 4.69) is 15.6 Å². The maximum atomic E-state index is 11.5. The van der Waals surface area contributed by atoms with Crippen molar-refractivity contribution in [3.8, 4) is 0 Å². The van der Waals surface area contributed by atoms with Gasteiger partial charge in [-0.25, -0.2) is 12.7 Å². The predicted octanol–water partition coefficient (Wildman–Crippen LogP) is 1.77. The Morgan fingerprint density at radius 3 is 2.26 bits per heavy atom. The number of guanidine groups is 1. The molecule has 0 amide bonds. The second-order valence-corrected chi connectivity index (χ2v) is 8.52. The van der Waals surface area contributed by atoms with Crippen molar-refractivity contribution in [2.24, 2.45) is 10.9 Å². The van der Waals surface area contributed by atoms with Gasteiger partial charge in [0.25, 0.3) is 0 Å². The third kappa shape index (κ3) is 7.13. The summed E-state index contributed by atoms with van der Waals surface area (Å²) >= 11 is 0. The van der Waals surface area contributed by atoms with Crippen LogP contribution in [0.1, 0.15) is 44.9 Å². The molecule has 0 aromatic carbocycles. The third-order valence-corrected chi connectivity index (χ3v) is 6.07. The maximum absolute atomic E-state index is 11.5. The lowest BCUT2D eigenvalue weighted by Gasteiger charge is -2.31. The van der Waals surface area contributed by atoms with Gasteiger partial charge >= 0.3 is 0 Å².